The summed E-state index contributed by atoms with van der Waals surface area (Å²) in [5, 5.41) is 18.3. The Hall–Kier alpha value is -1.81. The highest BCUT2D eigenvalue weighted by Crippen LogP contribution is 2.43. The summed E-state index contributed by atoms with van der Waals surface area (Å²) in [6.07, 6.45) is 35.6. The van der Waals surface area contributed by atoms with Gasteiger partial charge in [0, 0.05) is 12.8 Å². The number of aliphatic hydroxyl groups excluding tert-OH is 2. The van der Waals surface area contributed by atoms with Crippen LogP contribution in [0.1, 0.15) is 168 Å². The first kappa shape index (κ1) is 49.2. The second-order valence-corrected chi connectivity index (χ2v) is 14.8. The van der Waals surface area contributed by atoms with Crippen molar-refractivity contribution in [2.75, 3.05) is 26.4 Å². The van der Waals surface area contributed by atoms with E-state index in [0.717, 1.165) is 51.4 Å². The Morgan fingerprint density at radius 2 is 1.06 bits per heavy atom. The van der Waals surface area contributed by atoms with Crippen molar-refractivity contribution < 1.29 is 47.8 Å². The lowest BCUT2D eigenvalue weighted by atomic mass is 10.1. The zero-order valence-corrected chi connectivity index (χ0v) is 33.0. The molecule has 0 aliphatic carbocycles. The molecule has 3 N–H and O–H groups in total. The number of hydrogen-bond acceptors (Lipinski definition) is 9. The van der Waals surface area contributed by atoms with Crippen LogP contribution in [0.3, 0.4) is 0 Å². The number of hydrogen-bond donors (Lipinski definition) is 3. The van der Waals surface area contributed by atoms with Crippen LogP contribution in [0, 0.1) is 0 Å². The Kier molecular flexibility index (Phi) is 35.2. The van der Waals surface area contributed by atoms with Crippen LogP contribution in [-0.4, -0.2) is 65.7 Å². The maximum absolute atomic E-state index is 12.5. The van der Waals surface area contributed by atoms with Gasteiger partial charge in [-0.15, -0.1) is 0 Å². The van der Waals surface area contributed by atoms with Crippen molar-refractivity contribution in [2.45, 2.75) is 180 Å². The van der Waals surface area contributed by atoms with Gasteiger partial charge in [-0.3, -0.25) is 18.6 Å². The molecule has 0 heterocycles. The summed E-state index contributed by atoms with van der Waals surface area (Å²) < 4.78 is 32.5. The predicted octanol–water partition coefficient (Wildman–Crippen LogP) is 10.00. The second kappa shape index (κ2) is 36.5. The van der Waals surface area contributed by atoms with Crippen LogP contribution in [0.5, 0.6) is 0 Å². The molecule has 298 valence electrons. The van der Waals surface area contributed by atoms with Crippen LogP contribution in [0.15, 0.2) is 36.5 Å². The number of allylic oxidation sites excluding steroid dienone is 6. The molecule has 3 atom stereocenters. The third-order valence-electron chi connectivity index (χ3n) is 8.27. The van der Waals surface area contributed by atoms with Gasteiger partial charge in [0.05, 0.1) is 19.8 Å². The Labute approximate surface area is 310 Å². The molecular weight excluding hydrogens is 671 g/mol. The van der Waals surface area contributed by atoms with E-state index >= 15 is 0 Å². The SMILES string of the molecule is CCCC/C=C/CCCCCCCC(=O)OC[C@H](COP(=O)(O)OC[C@@H](O)CO)OC(=O)CCC/C=C/C/C=C/CCCCCCCCCCC. The van der Waals surface area contributed by atoms with Gasteiger partial charge >= 0.3 is 19.8 Å². The van der Waals surface area contributed by atoms with Crippen molar-refractivity contribution in [3.05, 3.63) is 36.5 Å². The summed E-state index contributed by atoms with van der Waals surface area (Å²) in [5.41, 5.74) is 0. The normalized spacial score (nSPS) is 14.4. The predicted molar refractivity (Wildman–Crippen MR) is 205 cm³/mol. The van der Waals surface area contributed by atoms with E-state index in [0.29, 0.717) is 19.3 Å². The number of rotatable bonds is 37. The standard InChI is InChI=1S/C40H73O10P/c1-3-5-7-9-11-13-15-16-17-18-19-20-22-24-26-28-30-32-40(44)50-38(36-49-51(45,46)48-34-37(42)33-41)35-47-39(43)31-29-27-25-23-21-14-12-10-8-6-4-2/h10,12,19-20,24,26,37-38,41-42H,3-9,11,13-18,21-23,25,27-36H2,1-2H3,(H,45,46)/b12-10+,20-19+,26-24+/t37-,38+/m0/s1. The monoisotopic (exact) mass is 744 g/mol. The largest absolute Gasteiger partial charge is 0.472 e. The van der Waals surface area contributed by atoms with Crippen LogP contribution in [0.25, 0.3) is 0 Å². The fourth-order valence-electron chi connectivity index (χ4n) is 5.13. The molecule has 11 heteroatoms. The first-order chi connectivity index (χ1) is 24.7. The van der Waals surface area contributed by atoms with Crippen molar-refractivity contribution in [3.63, 3.8) is 0 Å². The van der Waals surface area contributed by atoms with Crippen LogP contribution >= 0.6 is 7.82 Å². The first-order valence-corrected chi connectivity index (χ1v) is 21.4. The Morgan fingerprint density at radius 3 is 1.65 bits per heavy atom. The maximum Gasteiger partial charge on any atom is 0.472 e. The molecule has 0 saturated heterocycles. The van der Waals surface area contributed by atoms with Crippen LogP contribution in [0.2, 0.25) is 0 Å². The third-order valence-corrected chi connectivity index (χ3v) is 9.22. The molecular formula is C40H73O10P. The summed E-state index contributed by atoms with van der Waals surface area (Å²) in [5.74, 6) is -0.990. The summed E-state index contributed by atoms with van der Waals surface area (Å²) in [7, 11) is -4.62. The van der Waals surface area contributed by atoms with Gasteiger partial charge in [-0.05, 0) is 57.8 Å². The molecule has 0 rings (SSSR count). The number of phosphoric acid groups is 1. The number of carbonyl (C=O) groups is 2. The Balaban J connectivity index is 4.41. The van der Waals surface area contributed by atoms with Crippen LogP contribution < -0.4 is 0 Å². The molecule has 0 saturated carbocycles. The van der Waals surface area contributed by atoms with Crippen molar-refractivity contribution in [1.82, 2.24) is 0 Å². The molecule has 0 bridgehead atoms. The van der Waals surface area contributed by atoms with Gasteiger partial charge in [-0.1, -0.05) is 134 Å². The Bertz CT molecular complexity index is 952. The van der Waals surface area contributed by atoms with Gasteiger partial charge in [0.1, 0.15) is 12.7 Å². The molecule has 0 aromatic heterocycles. The van der Waals surface area contributed by atoms with Gasteiger partial charge < -0.3 is 24.6 Å². The van der Waals surface area contributed by atoms with Crippen molar-refractivity contribution >= 4 is 19.8 Å². The summed E-state index contributed by atoms with van der Waals surface area (Å²) in [4.78, 5) is 34.8. The highest BCUT2D eigenvalue weighted by Gasteiger charge is 2.27. The minimum absolute atomic E-state index is 0.119. The van der Waals surface area contributed by atoms with Crippen molar-refractivity contribution in [2.24, 2.45) is 0 Å². The molecule has 1 unspecified atom stereocenters. The molecule has 0 amide bonds. The van der Waals surface area contributed by atoms with Crippen LogP contribution in [0.4, 0.5) is 0 Å². The average Bonchev–Trinajstić information content (AvgIpc) is 3.12. The molecule has 0 spiro atoms. The van der Waals surface area contributed by atoms with E-state index < -0.39 is 51.8 Å². The maximum atomic E-state index is 12.5. The van der Waals surface area contributed by atoms with Crippen molar-refractivity contribution in [1.29, 1.82) is 0 Å². The van der Waals surface area contributed by atoms with Crippen molar-refractivity contribution in [3.8, 4) is 0 Å². The van der Waals surface area contributed by atoms with E-state index in [4.69, 9.17) is 19.1 Å². The van der Waals surface area contributed by atoms with Gasteiger partial charge in [0.15, 0.2) is 6.10 Å². The quantitative estimate of drug-likeness (QED) is 0.0243. The molecule has 0 radical (unpaired) electrons. The van der Waals surface area contributed by atoms with E-state index in [1.54, 1.807) is 0 Å². The van der Waals surface area contributed by atoms with E-state index in [1.165, 1.54) is 70.6 Å². The van der Waals surface area contributed by atoms with E-state index in [2.05, 4.69) is 48.8 Å². The van der Waals surface area contributed by atoms with Gasteiger partial charge in [0.25, 0.3) is 0 Å². The number of unbranched alkanes of at least 4 members (excludes halogenated alkanes) is 17. The highest BCUT2D eigenvalue weighted by atomic mass is 31.2. The fraction of sp³-hybridized carbons (Fsp3) is 0.800. The van der Waals surface area contributed by atoms with E-state index in [-0.39, 0.29) is 19.4 Å². The number of phosphoric ester groups is 1. The van der Waals surface area contributed by atoms with E-state index in [9.17, 15) is 24.2 Å². The van der Waals surface area contributed by atoms with Gasteiger partial charge in [0.2, 0.25) is 0 Å². The molecule has 0 aliphatic rings. The minimum Gasteiger partial charge on any atom is -0.462 e. The zero-order chi connectivity index (χ0) is 37.7. The molecule has 0 aromatic carbocycles. The number of ether oxygens (including phenoxy) is 2. The first-order valence-electron chi connectivity index (χ1n) is 19.9. The Morgan fingerprint density at radius 1 is 0.588 bits per heavy atom. The average molecular weight is 745 g/mol. The summed E-state index contributed by atoms with van der Waals surface area (Å²) in [6, 6.07) is 0. The minimum atomic E-state index is -4.62. The van der Waals surface area contributed by atoms with Crippen LogP contribution in [-0.2, 0) is 32.7 Å². The van der Waals surface area contributed by atoms with Gasteiger partial charge in [-0.2, -0.15) is 0 Å². The number of esters is 2. The smallest absolute Gasteiger partial charge is 0.462 e. The summed E-state index contributed by atoms with van der Waals surface area (Å²) in [6.45, 7) is 2.27. The molecule has 0 aliphatic heterocycles. The third kappa shape index (κ3) is 36.3. The van der Waals surface area contributed by atoms with Gasteiger partial charge in [-0.25, -0.2) is 4.57 Å². The lowest BCUT2D eigenvalue weighted by molar-refractivity contribution is -0.161. The molecule has 10 nitrogen and oxygen atoms in total. The highest BCUT2D eigenvalue weighted by molar-refractivity contribution is 7.47. The summed E-state index contributed by atoms with van der Waals surface area (Å²) >= 11 is 0. The topological polar surface area (TPSA) is 149 Å². The fourth-order valence-corrected chi connectivity index (χ4v) is 5.92. The molecule has 51 heavy (non-hydrogen) atoms. The lowest BCUT2D eigenvalue weighted by Crippen LogP contribution is -2.29. The molecule has 0 aromatic rings. The lowest BCUT2D eigenvalue weighted by Gasteiger charge is -2.20. The number of aliphatic hydroxyl groups is 2. The molecule has 0 fully saturated rings. The van der Waals surface area contributed by atoms with E-state index in [1.807, 2.05) is 6.08 Å². The zero-order valence-electron chi connectivity index (χ0n) is 32.1. The number of carbonyl (C=O) groups excluding carboxylic acids is 2. The second-order valence-electron chi connectivity index (χ2n) is 13.3.